The maximum absolute atomic E-state index is 12.3. The molecule has 2 fully saturated rings. The van der Waals surface area contributed by atoms with E-state index in [1.54, 1.807) is 0 Å². The molecule has 0 radical (unpaired) electrons. The van der Waals surface area contributed by atoms with Crippen molar-refractivity contribution >= 4 is 5.97 Å². The summed E-state index contributed by atoms with van der Waals surface area (Å²) in [6.45, 7) is 6.75. The maximum atomic E-state index is 12.3. The lowest BCUT2D eigenvalue weighted by Crippen LogP contribution is -3.00. The van der Waals surface area contributed by atoms with Crippen molar-refractivity contribution in [3.63, 3.8) is 0 Å². The number of fused-ring (bicyclic) bond motifs is 2. The zero-order valence-electron chi connectivity index (χ0n) is 12.7. The van der Waals surface area contributed by atoms with Gasteiger partial charge in [0.25, 0.3) is 0 Å². The third-order valence-corrected chi connectivity index (χ3v) is 5.06. The second-order valence-corrected chi connectivity index (χ2v) is 6.45. The number of hydrogen-bond donors (Lipinski definition) is 0. The maximum Gasteiger partial charge on any atom is 0.318 e. The number of carbonyl (C=O) groups excluding carboxylic acids is 1. The first-order valence-corrected chi connectivity index (χ1v) is 7.74. The second kappa shape index (κ2) is 6.49. The first-order valence-electron chi connectivity index (χ1n) is 7.74. The summed E-state index contributed by atoms with van der Waals surface area (Å²) in [5, 5.41) is 0. The van der Waals surface area contributed by atoms with Gasteiger partial charge in [-0.25, -0.2) is 0 Å². The Morgan fingerprint density at radius 2 is 2.00 bits per heavy atom. The molecule has 2 atom stereocenters. The predicted molar refractivity (Wildman–Crippen MR) is 77.9 cm³/mol. The average Bonchev–Trinajstić information content (AvgIpc) is 2.72. The first kappa shape index (κ1) is 16.5. The van der Waals surface area contributed by atoms with Crippen molar-refractivity contribution in [2.45, 2.75) is 32.7 Å². The van der Waals surface area contributed by atoms with Gasteiger partial charge in [-0.1, -0.05) is 30.3 Å². The molecule has 2 unspecified atom stereocenters. The van der Waals surface area contributed by atoms with E-state index in [0.29, 0.717) is 6.61 Å². The van der Waals surface area contributed by atoms with Crippen LogP contribution in [0.1, 0.15) is 31.7 Å². The minimum atomic E-state index is -0.191. The highest BCUT2D eigenvalue weighted by Gasteiger charge is 2.56. The molecule has 2 aliphatic rings. The standard InChI is InChI=1S/C17H24NO2.BrH/c1-2-20-16(19)17-9-6-11-18(14-17,12-10-17)13-15-7-4-3-5-8-15;/h3-5,7-8H,2,6,9-14H2,1H3;1H/q+1;/p-1. The van der Waals surface area contributed by atoms with Gasteiger partial charge in [-0.05, 0) is 19.8 Å². The topological polar surface area (TPSA) is 26.3 Å². The van der Waals surface area contributed by atoms with Crippen LogP contribution in [0.5, 0.6) is 0 Å². The van der Waals surface area contributed by atoms with Crippen molar-refractivity contribution in [2.24, 2.45) is 5.41 Å². The highest BCUT2D eigenvalue weighted by molar-refractivity contribution is 5.77. The average molecular weight is 354 g/mol. The molecule has 2 bridgehead atoms. The smallest absolute Gasteiger partial charge is 0.318 e. The summed E-state index contributed by atoms with van der Waals surface area (Å²) in [5.41, 5.74) is 1.19. The van der Waals surface area contributed by atoms with Crippen molar-refractivity contribution in [2.75, 3.05) is 26.2 Å². The van der Waals surface area contributed by atoms with Crippen LogP contribution in [0, 0.1) is 5.41 Å². The van der Waals surface area contributed by atoms with Gasteiger partial charge in [0, 0.05) is 12.0 Å². The molecule has 116 valence electrons. The predicted octanol–water partition coefficient (Wildman–Crippen LogP) is -0.246. The Kier molecular flexibility index (Phi) is 5.10. The molecular formula is C17H24BrNO2. The quantitative estimate of drug-likeness (QED) is 0.551. The van der Waals surface area contributed by atoms with Gasteiger partial charge in [-0.2, -0.15) is 0 Å². The molecule has 2 aliphatic heterocycles. The van der Waals surface area contributed by atoms with Gasteiger partial charge in [-0.15, -0.1) is 0 Å². The normalized spacial score (nSPS) is 30.5. The summed E-state index contributed by atoms with van der Waals surface area (Å²) in [6.07, 6.45) is 3.16. The number of halogens is 1. The van der Waals surface area contributed by atoms with E-state index in [1.807, 2.05) is 6.92 Å². The van der Waals surface area contributed by atoms with E-state index in [2.05, 4.69) is 30.3 Å². The van der Waals surface area contributed by atoms with Gasteiger partial charge in [0.2, 0.25) is 0 Å². The van der Waals surface area contributed by atoms with Crippen molar-refractivity contribution in [1.29, 1.82) is 0 Å². The zero-order valence-corrected chi connectivity index (χ0v) is 14.3. The van der Waals surface area contributed by atoms with Crippen molar-refractivity contribution in [3.8, 4) is 0 Å². The van der Waals surface area contributed by atoms with Gasteiger partial charge >= 0.3 is 5.97 Å². The number of piperidine rings is 1. The lowest BCUT2D eigenvalue weighted by molar-refractivity contribution is -0.935. The molecule has 3 nitrogen and oxygen atoms in total. The van der Waals surface area contributed by atoms with Crippen molar-refractivity contribution in [3.05, 3.63) is 35.9 Å². The molecule has 1 aromatic carbocycles. The minimum absolute atomic E-state index is 0. The molecule has 0 amide bonds. The number of carbonyl (C=O) groups is 1. The zero-order chi connectivity index (χ0) is 14.1. The SMILES string of the molecule is CCOC(=O)C12CCC[N+](Cc3ccccc3)(CC1)C2.[Br-]. The van der Waals surface area contributed by atoms with Gasteiger partial charge in [0.1, 0.15) is 12.0 Å². The Hall–Kier alpha value is -0.870. The number of esters is 1. The fourth-order valence-corrected chi connectivity index (χ4v) is 4.14. The third kappa shape index (κ3) is 3.16. The van der Waals surface area contributed by atoms with Gasteiger partial charge < -0.3 is 26.2 Å². The summed E-state index contributed by atoms with van der Waals surface area (Å²) in [7, 11) is 0. The minimum Gasteiger partial charge on any atom is -1.00 e. The monoisotopic (exact) mass is 353 g/mol. The van der Waals surface area contributed by atoms with Crippen LogP contribution in [-0.4, -0.2) is 36.7 Å². The van der Waals surface area contributed by atoms with Crippen LogP contribution in [0.4, 0.5) is 0 Å². The molecule has 0 spiro atoms. The third-order valence-electron chi connectivity index (χ3n) is 5.06. The Morgan fingerprint density at radius 1 is 1.24 bits per heavy atom. The van der Waals surface area contributed by atoms with Crippen LogP contribution in [0.3, 0.4) is 0 Å². The van der Waals surface area contributed by atoms with E-state index in [4.69, 9.17) is 4.74 Å². The van der Waals surface area contributed by atoms with Crippen LogP contribution in [-0.2, 0) is 16.1 Å². The summed E-state index contributed by atoms with van der Waals surface area (Å²) in [4.78, 5) is 12.3. The molecular weight excluding hydrogens is 330 g/mol. The number of benzene rings is 1. The van der Waals surface area contributed by atoms with E-state index < -0.39 is 0 Å². The molecule has 2 saturated heterocycles. The highest BCUT2D eigenvalue weighted by atomic mass is 79.9. The fourth-order valence-electron chi connectivity index (χ4n) is 4.14. The molecule has 0 saturated carbocycles. The summed E-state index contributed by atoms with van der Waals surface area (Å²) < 4.78 is 6.42. The lowest BCUT2D eigenvalue weighted by atomic mass is 9.80. The molecule has 0 N–H and O–H groups in total. The molecule has 0 aromatic heterocycles. The first-order chi connectivity index (χ1) is 9.68. The highest BCUT2D eigenvalue weighted by Crippen LogP contribution is 2.45. The van der Waals surface area contributed by atoms with E-state index in [0.717, 1.165) is 43.4 Å². The number of nitrogens with zero attached hydrogens (tertiary/aromatic N) is 1. The molecule has 2 heterocycles. The molecule has 0 aliphatic carbocycles. The second-order valence-electron chi connectivity index (χ2n) is 6.45. The van der Waals surface area contributed by atoms with Crippen LogP contribution >= 0.6 is 0 Å². The van der Waals surface area contributed by atoms with E-state index in [1.165, 1.54) is 12.1 Å². The Balaban J connectivity index is 0.00000161. The summed E-state index contributed by atoms with van der Waals surface area (Å²) in [6, 6.07) is 10.7. The van der Waals surface area contributed by atoms with Crippen LogP contribution in [0.2, 0.25) is 0 Å². The van der Waals surface area contributed by atoms with E-state index in [9.17, 15) is 4.79 Å². The Labute approximate surface area is 137 Å². The van der Waals surface area contributed by atoms with Crippen LogP contribution in [0.15, 0.2) is 30.3 Å². The van der Waals surface area contributed by atoms with Crippen LogP contribution < -0.4 is 17.0 Å². The van der Waals surface area contributed by atoms with Crippen molar-refractivity contribution < 1.29 is 31.0 Å². The van der Waals surface area contributed by atoms with Gasteiger partial charge in [0.15, 0.2) is 0 Å². The number of rotatable bonds is 4. The largest absolute Gasteiger partial charge is 1.00 e. The Bertz CT molecular complexity index is 493. The Morgan fingerprint density at radius 3 is 2.71 bits per heavy atom. The number of ether oxygens (including phenoxy) is 1. The molecule has 1 aromatic rings. The molecule has 21 heavy (non-hydrogen) atoms. The molecule has 4 heteroatoms. The molecule has 3 rings (SSSR count). The van der Waals surface area contributed by atoms with Gasteiger partial charge in [0.05, 0.1) is 26.2 Å². The van der Waals surface area contributed by atoms with Crippen molar-refractivity contribution in [1.82, 2.24) is 0 Å². The number of hydrogen-bond acceptors (Lipinski definition) is 2. The van der Waals surface area contributed by atoms with E-state index >= 15 is 0 Å². The van der Waals surface area contributed by atoms with Gasteiger partial charge in [-0.3, -0.25) is 4.79 Å². The summed E-state index contributed by atoms with van der Waals surface area (Å²) >= 11 is 0. The van der Waals surface area contributed by atoms with E-state index in [-0.39, 0.29) is 28.4 Å². The number of quaternary nitrogens is 1. The van der Waals surface area contributed by atoms with Crippen LogP contribution in [0.25, 0.3) is 0 Å². The lowest BCUT2D eigenvalue weighted by Gasteiger charge is -2.40. The fraction of sp³-hybridized carbons (Fsp3) is 0.588. The summed E-state index contributed by atoms with van der Waals surface area (Å²) in [5.74, 6) is 0.0489.